The average Bonchev–Trinajstić information content (AvgIpc) is 3.71. The number of carbonyl (C=O) groups excluding carboxylic acids is 1. The van der Waals surface area contributed by atoms with E-state index in [1.807, 2.05) is 11.8 Å². The van der Waals surface area contributed by atoms with Crippen molar-refractivity contribution in [2.75, 3.05) is 18.0 Å². The van der Waals surface area contributed by atoms with Crippen molar-refractivity contribution in [3.63, 3.8) is 0 Å². The fourth-order valence-corrected chi connectivity index (χ4v) is 9.26. The molecular weight excluding hydrogens is 766 g/mol. The zero-order chi connectivity index (χ0) is 41.0. The summed E-state index contributed by atoms with van der Waals surface area (Å²) in [5.74, 6) is -1.70. The maximum Gasteiger partial charge on any atom is 0.434 e. The molecule has 3 aliphatic rings. The van der Waals surface area contributed by atoms with Gasteiger partial charge in [-0.15, -0.1) is 0 Å². The molecule has 0 radical (unpaired) electrons. The van der Waals surface area contributed by atoms with Crippen LogP contribution >= 0.6 is 0 Å². The van der Waals surface area contributed by atoms with Gasteiger partial charge in [-0.25, -0.2) is 19.7 Å². The number of aliphatic carboxylic acids is 1. The van der Waals surface area contributed by atoms with Gasteiger partial charge < -0.3 is 24.6 Å². The van der Waals surface area contributed by atoms with Crippen LogP contribution in [0.3, 0.4) is 0 Å². The first-order chi connectivity index (χ1) is 27.6. The highest BCUT2D eigenvalue weighted by Crippen LogP contribution is 2.51. The second kappa shape index (κ2) is 14.9. The maximum absolute atomic E-state index is 14.8. The molecule has 3 fully saturated rings. The van der Waals surface area contributed by atoms with Gasteiger partial charge in [0, 0.05) is 61.5 Å². The molecule has 304 valence electrons. The molecule has 2 N–H and O–H groups in total. The Morgan fingerprint density at radius 3 is 2.36 bits per heavy atom. The molecule has 16 heteroatoms. The molecule has 2 saturated carbocycles. The van der Waals surface area contributed by atoms with Crippen molar-refractivity contribution in [1.82, 2.24) is 24.8 Å². The molecule has 1 amide bonds. The van der Waals surface area contributed by atoms with E-state index in [-0.39, 0.29) is 52.2 Å². The van der Waals surface area contributed by atoms with E-state index >= 15 is 0 Å². The van der Waals surface area contributed by atoms with Crippen LogP contribution in [0.4, 0.5) is 32.3 Å². The molecule has 5 aromatic rings. The Labute approximate surface area is 329 Å². The van der Waals surface area contributed by atoms with E-state index in [0.717, 1.165) is 25.0 Å². The van der Waals surface area contributed by atoms with Crippen LogP contribution in [0, 0.1) is 17.8 Å². The highest BCUT2D eigenvalue weighted by molar-refractivity contribution is 6.01. The molecule has 3 aromatic heterocycles. The molecule has 8 rings (SSSR count). The van der Waals surface area contributed by atoms with Crippen LogP contribution < -0.4 is 15.0 Å². The van der Waals surface area contributed by atoms with Crippen LogP contribution in [0.15, 0.2) is 79.3 Å². The number of benzene rings is 2. The van der Waals surface area contributed by atoms with Crippen LogP contribution in [0.5, 0.6) is 5.75 Å². The molecule has 4 unspecified atom stereocenters. The molecule has 4 heterocycles. The lowest BCUT2D eigenvalue weighted by molar-refractivity contribution is -0.146. The number of ether oxygens (including phenoxy) is 1. The Bertz CT molecular complexity index is 2340. The molecule has 2 aromatic carbocycles. The van der Waals surface area contributed by atoms with Gasteiger partial charge in [-0.2, -0.15) is 26.3 Å². The summed E-state index contributed by atoms with van der Waals surface area (Å²) in [4.78, 5) is 41.0. The number of hydrogen-bond acceptors (Lipinski definition) is 7. The van der Waals surface area contributed by atoms with Crippen LogP contribution in [-0.4, -0.2) is 61.2 Å². The van der Waals surface area contributed by atoms with Crippen LogP contribution in [-0.2, 0) is 17.1 Å². The van der Waals surface area contributed by atoms with Gasteiger partial charge in [0.1, 0.15) is 17.4 Å². The van der Waals surface area contributed by atoms with Crippen molar-refractivity contribution in [3.8, 4) is 22.7 Å². The van der Waals surface area contributed by atoms with Gasteiger partial charge in [0.15, 0.2) is 5.69 Å². The molecule has 2 bridgehead atoms. The summed E-state index contributed by atoms with van der Waals surface area (Å²) < 4.78 is 95.2. The number of fused-ring (bicyclic) bond motifs is 3. The van der Waals surface area contributed by atoms with Crippen molar-refractivity contribution < 1.29 is 45.8 Å². The van der Waals surface area contributed by atoms with Gasteiger partial charge in [0.05, 0.1) is 28.0 Å². The highest BCUT2D eigenvalue weighted by Gasteiger charge is 2.57. The largest absolute Gasteiger partial charge is 0.490 e. The molecule has 10 nitrogen and oxygen atoms in total. The summed E-state index contributed by atoms with van der Waals surface area (Å²) in [5.41, 5.74) is -5.31. The van der Waals surface area contributed by atoms with Gasteiger partial charge in [0.25, 0.3) is 5.91 Å². The molecule has 1 saturated heterocycles. The monoisotopic (exact) mass is 806 g/mol. The first kappa shape index (κ1) is 39.2. The Balaban J connectivity index is 1.16. The number of anilines is 1. The lowest BCUT2D eigenvalue weighted by Crippen LogP contribution is -2.57. The number of carbonyl (C=O) groups is 2. The first-order valence-electron chi connectivity index (χ1n) is 19.3. The Kier molecular flexibility index (Phi) is 10.1. The Morgan fingerprint density at radius 1 is 0.931 bits per heavy atom. The Hall–Kier alpha value is -5.67. The molecule has 4 atom stereocenters. The SMILES string of the molecule is CCC1CC2CC(C1)C(NC(=O)c1ccc(-c3cn(-c4ccccc4C(F)(F)F)c4cc(OC5CCN(c6ncccn6)CC5)ccc34)nc1C(F)(F)F)(C(=O)O)C2. The topological polar surface area (TPSA) is 122 Å². The highest BCUT2D eigenvalue weighted by atomic mass is 19.4. The first-order valence-corrected chi connectivity index (χ1v) is 19.3. The number of hydrogen-bond donors (Lipinski definition) is 2. The lowest BCUT2D eigenvalue weighted by Gasteiger charge is -2.34. The third-order valence-electron chi connectivity index (χ3n) is 12.0. The number of rotatable bonds is 9. The second-order valence-electron chi connectivity index (χ2n) is 15.5. The molecule has 0 spiro atoms. The van der Waals surface area contributed by atoms with Crippen LogP contribution in [0.25, 0.3) is 27.8 Å². The number of pyridine rings is 1. The summed E-state index contributed by atoms with van der Waals surface area (Å²) in [6.45, 7) is 3.22. The normalized spacial score (nSPS) is 22.6. The van der Waals surface area contributed by atoms with E-state index in [1.165, 1.54) is 35.0 Å². The van der Waals surface area contributed by atoms with Crippen LogP contribution in [0.1, 0.15) is 73.5 Å². The number of amides is 1. The van der Waals surface area contributed by atoms with Crippen molar-refractivity contribution in [3.05, 3.63) is 96.1 Å². The van der Waals surface area contributed by atoms with E-state index in [0.29, 0.717) is 50.5 Å². The van der Waals surface area contributed by atoms with Gasteiger partial charge >= 0.3 is 18.3 Å². The third kappa shape index (κ3) is 7.32. The fourth-order valence-electron chi connectivity index (χ4n) is 9.26. The number of alkyl halides is 6. The minimum atomic E-state index is -5.15. The quantitative estimate of drug-likeness (QED) is 0.142. The summed E-state index contributed by atoms with van der Waals surface area (Å²) in [6, 6.07) is 13.5. The number of carboxylic acids is 1. The molecule has 58 heavy (non-hydrogen) atoms. The number of halogens is 6. The summed E-state index contributed by atoms with van der Waals surface area (Å²) in [5, 5.41) is 13.2. The number of para-hydroxylation sites is 1. The number of nitrogens with zero attached hydrogens (tertiary/aromatic N) is 5. The fraction of sp³-hybridized carbons (Fsp3) is 0.405. The van der Waals surface area contributed by atoms with E-state index in [4.69, 9.17) is 4.74 Å². The maximum atomic E-state index is 14.8. The minimum absolute atomic E-state index is 0.0242. The summed E-state index contributed by atoms with van der Waals surface area (Å²) in [7, 11) is 0. The van der Waals surface area contributed by atoms with E-state index in [2.05, 4.69) is 20.3 Å². The molecule has 1 aliphatic heterocycles. The smallest absolute Gasteiger partial charge is 0.434 e. The summed E-state index contributed by atoms with van der Waals surface area (Å²) >= 11 is 0. The van der Waals surface area contributed by atoms with Crippen LogP contribution in [0.2, 0.25) is 0 Å². The predicted molar refractivity (Wildman–Crippen MR) is 201 cm³/mol. The third-order valence-corrected chi connectivity index (χ3v) is 12.0. The van der Waals surface area contributed by atoms with E-state index < -0.39 is 52.5 Å². The van der Waals surface area contributed by atoms with Crippen molar-refractivity contribution >= 4 is 28.7 Å². The van der Waals surface area contributed by atoms with Crippen molar-refractivity contribution in [1.29, 1.82) is 0 Å². The Morgan fingerprint density at radius 2 is 1.67 bits per heavy atom. The number of aromatic nitrogens is 4. The van der Waals surface area contributed by atoms with Crippen molar-refractivity contribution in [2.24, 2.45) is 17.8 Å². The predicted octanol–water partition coefficient (Wildman–Crippen LogP) is 8.97. The standard InChI is InChI=1S/C42H40F6N6O4/c1-2-24-18-25-20-26(19-24)40(22-25,38(56)57)52-37(55)30-10-11-33(51-36(30)42(46,47)48)31-23-54(34-7-4-3-6-32(34)41(43,44)45)35-21-28(8-9-29(31)35)58-27-12-16-53(17-13-27)39-49-14-5-15-50-39/h3-11,14-15,21,23-27H,2,12-13,16-20,22H2,1H3,(H,52,55)(H,56,57). The molecular formula is C42H40F6N6O4. The lowest BCUT2D eigenvalue weighted by atomic mass is 9.76. The zero-order valence-electron chi connectivity index (χ0n) is 31.4. The van der Waals surface area contributed by atoms with Gasteiger partial charge in [-0.05, 0) is 85.9 Å². The average molecular weight is 807 g/mol. The van der Waals surface area contributed by atoms with E-state index in [1.54, 1.807) is 36.7 Å². The molecule has 2 aliphatic carbocycles. The number of piperidine rings is 1. The van der Waals surface area contributed by atoms with E-state index in [9.17, 15) is 41.0 Å². The second-order valence-corrected chi connectivity index (χ2v) is 15.5. The number of carboxylic acid groups (broad SMARTS) is 1. The van der Waals surface area contributed by atoms with Gasteiger partial charge in [0.2, 0.25) is 5.95 Å². The minimum Gasteiger partial charge on any atom is -0.490 e. The zero-order valence-corrected chi connectivity index (χ0v) is 31.4. The van der Waals surface area contributed by atoms with Crippen molar-refractivity contribution in [2.45, 2.75) is 75.9 Å². The summed E-state index contributed by atoms with van der Waals surface area (Å²) in [6.07, 6.45) is -1.49. The van der Waals surface area contributed by atoms with Gasteiger partial charge in [-0.1, -0.05) is 25.5 Å². The number of nitrogens with one attached hydrogen (secondary N) is 1. The van der Waals surface area contributed by atoms with Gasteiger partial charge in [-0.3, -0.25) is 4.79 Å².